The molecule has 0 saturated heterocycles. The predicted molar refractivity (Wildman–Crippen MR) is 72.4 cm³/mol. The van der Waals surface area contributed by atoms with Crippen molar-refractivity contribution in [3.8, 4) is 11.3 Å². The zero-order valence-electron chi connectivity index (χ0n) is 11.5. The molecule has 18 heavy (non-hydrogen) atoms. The van der Waals surface area contributed by atoms with Gasteiger partial charge in [-0.25, -0.2) is 9.66 Å². The number of nitrogens with two attached hydrogens (primary N) is 2. The molecule has 0 fully saturated rings. The van der Waals surface area contributed by atoms with Gasteiger partial charge in [0, 0.05) is 24.2 Å². The van der Waals surface area contributed by atoms with Gasteiger partial charge in [-0.15, -0.1) is 0 Å². The predicted octanol–water partition coefficient (Wildman–Crippen LogP) is 1.19. The molecule has 2 rings (SSSR count). The fraction of sp³-hybridized carbons (Fsp3) is 0.500. The molecule has 0 spiro atoms. The van der Waals surface area contributed by atoms with Crippen molar-refractivity contribution in [3.05, 3.63) is 17.7 Å². The highest BCUT2D eigenvalue weighted by Crippen LogP contribution is 2.31. The van der Waals surface area contributed by atoms with E-state index in [9.17, 15) is 0 Å². The van der Waals surface area contributed by atoms with Gasteiger partial charge in [-0.05, 0) is 6.92 Å². The summed E-state index contributed by atoms with van der Waals surface area (Å²) in [5.41, 5.74) is 8.41. The summed E-state index contributed by atoms with van der Waals surface area (Å²) in [7, 11) is 1.87. The number of nitrogens with zero attached hydrogens (tertiary/aromatic N) is 4. The Morgan fingerprint density at radius 3 is 2.28 bits per heavy atom. The minimum absolute atomic E-state index is 0.156. The molecule has 0 saturated carbocycles. The highest BCUT2D eigenvalue weighted by atomic mass is 15.4. The van der Waals surface area contributed by atoms with E-state index in [1.54, 1.807) is 4.68 Å². The Bertz CT molecular complexity index is 584. The van der Waals surface area contributed by atoms with E-state index >= 15 is 0 Å². The maximum absolute atomic E-state index is 6.05. The molecule has 2 aromatic rings. The zero-order chi connectivity index (χ0) is 13.7. The van der Waals surface area contributed by atoms with Gasteiger partial charge < -0.3 is 11.6 Å². The lowest BCUT2D eigenvalue weighted by atomic mass is 9.96. The molecular weight excluding hydrogens is 228 g/mol. The highest BCUT2D eigenvalue weighted by Gasteiger charge is 2.25. The second kappa shape index (κ2) is 3.76. The Balaban J connectivity index is 2.64. The van der Waals surface area contributed by atoms with Gasteiger partial charge in [-0.1, -0.05) is 20.8 Å². The van der Waals surface area contributed by atoms with Gasteiger partial charge >= 0.3 is 0 Å². The molecule has 6 nitrogen and oxygen atoms in total. The van der Waals surface area contributed by atoms with Crippen LogP contribution in [0.15, 0.2) is 6.20 Å². The van der Waals surface area contributed by atoms with Crippen LogP contribution in [0.25, 0.3) is 11.3 Å². The molecule has 2 aromatic heterocycles. The van der Waals surface area contributed by atoms with E-state index < -0.39 is 0 Å². The molecule has 0 aliphatic carbocycles. The molecule has 0 aromatic carbocycles. The Hall–Kier alpha value is -1.98. The van der Waals surface area contributed by atoms with Crippen LogP contribution in [0.4, 0.5) is 5.82 Å². The van der Waals surface area contributed by atoms with Gasteiger partial charge in [-0.3, -0.25) is 4.68 Å². The lowest BCUT2D eigenvalue weighted by Gasteiger charge is -2.17. The minimum Gasteiger partial charge on any atom is -0.382 e. The van der Waals surface area contributed by atoms with Crippen LogP contribution in [0.3, 0.4) is 0 Å². The molecule has 0 atom stereocenters. The molecule has 0 radical (unpaired) electrons. The van der Waals surface area contributed by atoms with Crippen molar-refractivity contribution in [3.63, 3.8) is 0 Å². The number of aryl methyl sites for hydroxylation is 2. The van der Waals surface area contributed by atoms with E-state index in [1.165, 1.54) is 4.68 Å². The van der Waals surface area contributed by atoms with E-state index in [1.807, 2.05) is 20.2 Å². The molecule has 0 unspecified atom stereocenters. The van der Waals surface area contributed by atoms with Crippen LogP contribution in [0, 0.1) is 6.92 Å². The third kappa shape index (κ3) is 1.83. The maximum atomic E-state index is 6.05. The van der Waals surface area contributed by atoms with Gasteiger partial charge in [0.2, 0.25) is 0 Å². The topological polar surface area (TPSA) is 87.7 Å². The molecule has 98 valence electrons. The number of aromatic nitrogens is 4. The van der Waals surface area contributed by atoms with Crippen LogP contribution in [-0.4, -0.2) is 19.4 Å². The van der Waals surface area contributed by atoms with Crippen molar-refractivity contribution in [1.82, 2.24) is 19.4 Å². The minimum atomic E-state index is -0.156. The summed E-state index contributed by atoms with van der Waals surface area (Å²) in [6, 6.07) is 0. The summed E-state index contributed by atoms with van der Waals surface area (Å²) in [5.74, 6) is 7.22. The van der Waals surface area contributed by atoms with Crippen molar-refractivity contribution >= 4 is 5.82 Å². The Kier molecular flexibility index (Phi) is 2.61. The molecule has 4 N–H and O–H groups in total. The largest absolute Gasteiger partial charge is 0.382 e. The summed E-state index contributed by atoms with van der Waals surface area (Å²) in [4.78, 5) is 4.58. The molecule has 0 aliphatic heterocycles. The number of rotatable bonds is 1. The first kappa shape index (κ1) is 12.5. The standard InChI is InChI=1S/C12H20N6/c1-7-8(6-17(5)16-7)9-10(13)18(14)11(15-9)12(2,3)4/h6H,13-14H2,1-5H3. The van der Waals surface area contributed by atoms with E-state index in [4.69, 9.17) is 11.6 Å². The third-order valence-electron chi connectivity index (χ3n) is 2.89. The number of hydrogen-bond donors (Lipinski definition) is 2. The normalized spacial score (nSPS) is 12.1. The highest BCUT2D eigenvalue weighted by molar-refractivity contribution is 5.72. The summed E-state index contributed by atoms with van der Waals surface area (Å²) in [6.45, 7) is 8.09. The van der Waals surface area contributed by atoms with Crippen LogP contribution >= 0.6 is 0 Å². The van der Waals surface area contributed by atoms with Crippen LogP contribution in [-0.2, 0) is 12.5 Å². The van der Waals surface area contributed by atoms with E-state index in [-0.39, 0.29) is 5.41 Å². The Morgan fingerprint density at radius 2 is 1.89 bits per heavy atom. The lowest BCUT2D eigenvalue weighted by molar-refractivity contribution is 0.532. The summed E-state index contributed by atoms with van der Waals surface area (Å²) >= 11 is 0. The number of hydrogen-bond acceptors (Lipinski definition) is 4. The van der Waals surface area contributed by atoms with Crippen molar-refractivity contribution < 1.29 is 0 Å². The van der Waals surface area contributed by atoms with Gasteiger partial charge in [0.05, 0.1) is 5.69 Å². The van der Waals surface area contributed by atoms with Crippen LogP contribution in [0.2, 0.25) is 0 Å². The molecule has 0 aliphatic rings. The molecule has 0 bridgehead atoms. The van der Waals surface area contributed by atoms with Crippen LogP contribution in [0.1, 0.15) is 32.3 Å². The number of anilines is 1. The second-order valence-corrected chi connectivity index (χ2v) is 5.59. The average molecular weight is 248 g/mol. The first-order valence-corrected chi connectivity index (χ1v) is 5.86. The third-order valence-corrected chi connectivity index (χ3v) is 2.89. The first-order valence-electron chi connectivity index (χ1n) is 5.86. The lowest BCUT2D eigenvalue weighted by Crippen LogP contribution is -2.24. The van der Waals surface area contributed by atoms with Gasteiger partial charge in [0.25, 0.3) is 0 Å². The quantitative estimate of drug-likeness (QED) is 0.742. The smallest absolute Gasteiger partial charge is 0.150 e. The average Bonchev–Trinajstić information content (AvgIpc) is 2.69. The van der Waals surface area contributed by atoms with Crippen molar-refractivity contribution in [1.29, 1.82) is 0 Å². The summed E-state index contributed by atoms with van der Waals surface area (Å²) in [5, 5.41) is 4.30. The Morgan fingerprint density at radius 1 is 1.28 bits per heavy atom. The molecule has 6 heteroatoms. The molecule has 0 amide bonds. The van der Waals surface area contributed by atoms with Crippen molar-refractivity contribution in [2.45, 2.75) is 33.1 Å². The van der Waals surface area contributed by atoms with Crippen molar-refractivity contribution in [2.75, 3.05) is 11.6 Å². The zero-order valence-corrected chi connectivity index (χ0v) is 11.5. The SMILES string of the molecule is Cc1nn(C)cc1-c1nc(C(C)(C)C)n(N)c1N. The summed E-state index contributed by atoms with van der Waals surface area (Å²) < 4.78 is 3.21. The fourth-order valence-corrected chi connectivity index (χ4v) is 2.00. The maximum Gasteiger partial charge on any atom is 0.150 e. The first-order chi connectivity index (χ1) is 8.21. The van der Waals surface area contributed by atoms with E-state index in [2.05, 4.69) is 30.9 Å². The number of imidazole rings is 1. The van der Waals surface area contributed by atoms with Gasteiger partial charge in [-0.2, -0.15) is 5.10 Å². The Labute approximate surface area is 107 Å². The monoisotopic (exact) mass is 248 g/mol. The van der Waals surface area contributed by atoms with E-state index in [0.29, 0.717) is 11.5 Å². The van der Waals surface area contributed by atoms with Gasteiger partial charge in [0.1, 0.15) is 11.5 Å². The molecular formula is C12H20N6. The van der Waals surface area contributed by atoms with Crippen LogP contribution < -0.4 is 11.6 Å². The van der Waals surface area contributed by atoms with E-state index in [0.717, 1.165) is 17.1 Å². The number of nitrogen functional groups attached to an aromatic ring is 2. The van der Waals surface area contributed by atoms with Crippen molar-refractivity contribution in [2.24, 2.45) is 7.05 Å². The summed E-state index contributed by atoms with van der Waals surface area (Å²) in [6.07, 6.45) is 1.90. The van der Waals surface area contributed by atoms with Crippen LogP contribution in [0.5, 0.6) is 0 Å². The fourth-order valence-electron chi connectivity index (χ4n) is 2.00. The molecule has 2 heterocycles. The second-order valence-electron chi connectivity index (χ2n) is 5.59. The van der Waals surface area contributed by atoms with Gasteiger partial charge in [0.15, 0.2) is 5.82 Å².